The van der Waals surface area contributed by atoms with Gasteiger partial charge in [-0.05, 0) is 37.8 Å². The van der Waals surface area contributed by atoms with Crippen LogP contribution in [0.2, 0.25) is 0 Å². The molecule has 1 fully saturated rings. The van der Waals surface area contributed by atoms with Gasteiger partial charge < -0.3 is 4.90 Å². The smallest absolute Gasteiger partial charge is 0.332 e. The van der Waals surface area contributed by atoms with Gasteiger partial charge in [0, 0.05) is 18.4 Å². The Morgan fingerprint density at radius 3 is 3.05 bits per heavy atom. The highest BCUT2D eigenvalue weighted by atomic mass is 16.2. The first kappa shape index (κ1) is 14.5. The van der Waals surface area contributed by atoms with Gasteiger partial charge in [0.2, 0.25) is 5.91 Å². The third-order valence-corrected chi connectivity index (χ3v) is 4.12. The highest BCUT2D eigenvalue weighted by Crippen LogP contribution is 2.28. The lowest BCUT2D eigenvalue weighted by Crippen LogP contribution is -2.40. The number of hydrogen-bond acceptors (Lipinski definition) is 4. The first-order valence-corrected chi connectivity index (χ1v) is 7.49. The molecule has 0 unspecified atom stereocenters. The van der Waals surface area contributed by atoms with Crippen LogP contribution in [0.25, 0.3) is 0 Å². The van der Waals surface area contributed by atoms with Gasteiger partial charge in [-0.2, -0.15) is 5.10 Å². The Hall–Kier alpha value is -2.44. The van der Waals surface area contributed by atoms with Crippen LogP contribution in [0, 0.1) is 6.92 Å². The number of piperidine rings is 1. The molecule has 0 aliphatic carbocycles. The lowest BCUT2D eigenvalue weighted by Gasteiger charge is -2.34. The van der Waals surface area contributed by atoms with Crippen LogP contribution >= 0.6 is 0 Å². The molecule has 3 heterocycles. The minimum absolute atomic E-state index is 0.0460. The van der Waals surface area contributed by atoms with Crippen LogP contribution in [0.5, 0.6) is 0 Å². The van der Waals surface area contributed by atoms with Gasteiger partial charge in [-0.1, -0.05) is 6.07 Å². The average Bonchev–Trinajstić information content (AvgIpc) is 2.96. The van der Waals surface area contributed by atoms with E-state index in [9.17, 15) is 9.59 Å². The van der Waals surface area contributed by atoms with Crippen LogP contribution in [0.3, 0.4) is 0 Å². The highest BCUT2D eigenvalue weighted by molar-refractivity contribution is 5.79. The minimum atomic E-state index is -0.337. The Morgan fingerprint density at radius 2 is 2.32 bits per heavy atom. The summed E-state index contributed by atoms with van der Waals surface area (Å²) in [6, 6.07) is 3.61. The number of hydrogen-bond donors (Lipinski definition) is 2. The quantitative estimate of drug-likeness (QED) is 0.887. The summed E-state index contributed by atoms with van der Waals surface area (Å²) in [7, 11) is 0. The van der Waals surface area contributed by atoms with Crippen LogP contribution in [-0.4, -0.2) is 37.5 Å². The number of aryl methyl sites for hydroxylation is 1. The molecule has 7 nitrogen and oxygen atoms in total. The number of likely N-dealkylation sites (tertiary alicyclic amines) is 1. The van der Waals surface area contributed by atoms with E-state index in [4.69, 9.17) is 0 Å². The topological polar surface area (TPSA) is 94.7 Å². The van der Waals surface area contributed by atoms with Crippen LogP contribution in [-0.2, 0) is 11.2 Å². The van der Waals surface area contributed by atoms with E-state index in [1.54, 1.807) is 6.20 Å². The van der Waals surface area contributed by atoms with Crippen molar-refractivity contribution in [3.63, 3.8) is 0 Å². The van der Waals surface area contributed by atoms with Crippen molar-refractivity contribution in [3.8, 4) is 0 Å². The van der Waals surface area contributed by atoms with Crippen LogP contribution < -0.4 is 5.69 Å². The van der Waals surface area contributed by atoms with Crippen molar-refractivity contribution >= 4 is 5.91 Å². The molecule has 0 saturated carbocycles. The second kappa shape index (κ2) is 6.13. The van der Waals surface area contributed by atoms with Crippen molar-refractivity contribution in [1.82, 2.24) is 25.1 Å². The number of carbonyl (C=O) groups excluding carboxylic acids is 1. The summed E-state index contributed by atoms with van der Waals surface area (Å²) in [5.74, 6) is 0.589. The summed E-state index contributed by atoms with van der Waals surface area (Å²) in [5, 5.41) is 6.37. The highest BCUT2D eigenvalue weighted by Gasteiger charge is 2.30. The zero-order chi connectivity index (χ0) is 15.5. The SMILES string of the molecule is Cc1ncccc1CC(=O)N1CCCC[C@H]1c1n[nH]c(=O)[nH]1. The molecule has 0 radical (unpaired) electrons. The predicted octanol–water partition coefficient (Wildman–Crippen LogP) is 1.10. The van der Waals surface area contributed by atoms with Gasteiger partial charge in [0.25, 0.3) is 0 Å². The number of rotatable bonds is 3. The second-order valence-electron chi connectivity index (χ2n) is 5.59. The van der Waals surface area contributed by atoms with Crippen molar-refractivity contribution < 1.29 is 4.79 Å². The normalized spacial score (nSPS) is 18.4. The summed E-state index contributed by atoms with van der Waals surface area (Å²) in [4.78, 5) is 32.7. The zero-order valence-corrected chi connectivity index (χ0v) is 12.5. The predicted molar refractivity (Wildman–Crippen MR) is 80.2 cm³/mol. The zero-order valence-electron chi connectivity index (χ0n) is 12.5. The largest absolute Gasteiger partial charge is 0.340 e. The molecule has 7 heteroatoms. The number of nitrogens with zero attached hydrogens (tertiary/aromatic N) is 3. The summed E-state index contributed by atoms with van der Waals surface area (Å²) in [6.07, 6.45) is 4.86. The van der Waals surface area contributed by atoms with Crippen molar-refractivity contribution in [1.29, 1.82) is 0 Å². The Balaban J connectivity index is 1.80. The fourth-order valence-corrected chi connectivity index (χ4v) is 2.92. The van der Waals surface area contributed by atoms with E-state index in [0.29, 0.717) is 18.8 Å². The van der Waals surface area contributed by atoms with Crippen LogP contribution in [0.1, 0.15) is 42.4 Å². The fraction of sp³-hybridized carbons (Fsp3) is 0.467. The number of aromatic amines is 2. The monoisotopic (exact) mass is 301 g/mol. The molecular weight excluding hydrogens is 282 g/mol. The number of aromatic nitrogens is 4. The Kier molecular flexibility index (Phi) is 4.04. The molecule has 0 aromatic carbocycles. The molecule has 0 spiro atoms. The number of nitrogens with one attached hydrogen (secondary N) is 2. The molecule has 0 bridgehead atoms. The molecule has 3 rings (SSSR count). The molecular formula is C15H19N5O2. The third-order valence-electron chi connectivity index (χ3n) is 4.12. The first-order valence-electron chi connectivity index (χ1n) is 7.49. The average molecular weight is 301 g/mol. The van der Waals surface area contributed by atoms with E-state index < -0.39 is 0 Å². The maximum absolute atomic E-state index is 12.7. The molecule has 1 saturated heterocycles. The molecule has 1 aliphatic heterocycles. The number of H-pyrrole nitrogens is 2. The fourth-order valence-electron chi connectivity index (χ4n) is 2.92. The van der Waals surface area contributed by atoms with Gasteiger partial charge in [0.15, 0.2) is 5.82 Å². The summed E-state index contributed by atoms with van der Waals surface area (Å²) >= 11 is 0. The van der Waals surface area contributed by atoms with E-state index >= 15 is 0 Å². The first-order chi connectivity index (χ1) is 10.6. The van der Waals surface area contributed by atoms with Crippen molar-refractivity contribution in [2.45, 2.75) is 38.6 Å². The molecule has 2 N–H and O–H groups in total. The van der Waals surface area contributed by atoms with Gasteiger partial charge in [-0.3, -0.25) is 14.8 Å². The Bertz CT molecular complexity index is 720. The van der Waals surface area contributed by atoms with E-state index in [0.717, 1.165) is 30.5 Å². The molecule has 1 aliphatic rings. The summed E-state index contributed by atoms with van der Waals surface area (Å²) in [6.45, 7) is 2.60. The number of carbonyl (C=O) groups is 1. The molecule has 1 amide bonds. The van der Waals surface area contributed by atoms with E-state index in [2.05, 4.69) is 20.2 Å². The van der Waals surface area contributed by atoms with E-state index in [1.807, 2.05) is 24.0 Å². The lowest BCUT2D eigenvalue weighted by molar-refractivity contribution is -0.134. The number of pyridine rings is 1. The lowest BCUT2D eigenvalue weighted by atomic mass is 10.00. The molecule has 2 aromatic rings. The second-order valence-corrected chi connectivity index (χ2v) is 5.59. The van der Waals surface area contributed by atoms with Gasteiger partial charge in [0.05, 0.1) is 12.5 Å². The number of amides is 1. The summed E-state index contributed by atoms with van der Waals surface area (Å²) in [5.41, 5.74) is 1.47. The Morgan fingerprint density at radius 1 is 1.45 bits per heavy atom. The standard InChI is InChI=1S/C15H19N5O2/c1-10-11(5-4-7-16-10)9-13(21)20-8-3-2-6-12(20)14-17-15(22)19-18-14/h4-5,7,12H,2-3,6,8-9H2,1H3,(H2,17,18,19,22)/t12-/m0/s1. The molecule has 2 aromatic heterocycles. The maximum atomic E-state index is 12.7. The van der Waals surface area contributed by atoms with Gasteiger partial charge in [-0.25, -0.2) is 9.89 Å². The minimum Gasteiger partial charge on any atom is -0.332 e. The van der Waals surface area contributed by atoms with E-state index in [1.165, 1.54) is 0 Å². The summed E-state index contributed by atoms with van der Waals surface area (Å²) < 4.78 is 0. The molecule has 22 heavy (non-hydrogen) atoms. The molecule has 1 atom stereocenters. The van der Waals surface area contributed by atoms with Gasteiger partial charge >= 0.3 is 5.69 Å². The van der Waals surface area contributed by atoms with Crippen molar-refractivity contribution in [2.24, 2.45) is 0 Å². The van der Waals surface area contributed by atoms with Crippen LogP contribution in [0.15, 0.2) is 23.1 Å². The third kappa shape index (κ3) is 2.93. The Labute approximate surface area is 127 Å². The van der Waals surface area contributed by atoms with Gasteiger partial charge in [-0.15, -0.1) is 0 Å². The maximum Gasteiger partial charge on any atom is 0.340 e. The van der Waals surface area contributed by atoms with E-state index in [-0.39, 0.29) is 17.6 Å². The van der Waals surface area contributed by atoms with Crippen LogP contribution in [0.4, 0.5) is 0 Å². The van der Waals surface area contributed by atoms with Crippen molar-refractivity contribution in [3.05, 3.63) is 45.9 Å². The molecule has 116 valence electrons. The van der Waals surface area contributed by atoms with Crippen molar-refractivity contribution in [2.75, 3.05) is 6.54 Å². The van der Waals surface area contributed by atoms with Gasteiger partial charge in [0.1, 0.15) is 0 Å².